The summed E-state index contributed by atoms with van der Waals surface area (Å²) in [5.74, 6) is 1.00. The number of benzene rings is 2. The molecule has 7 heteroatoms. The highest BCUT2D eigenvalue weighted by atomic mass is 32.1. The van der Waals surface area contributed by atoms with Crippen LogP contribution in [0.1, 0.15) is 20.9 Å². The van der Waals surface area contributed by atoms with Gasteiger partial charge in [-0.05, 0) is 48.9 Å². The van der Waals surface area contributed by atoms with E-state index < -0.39 is 0 Å². The molecule has 2 heterocycles. The van der Waals surface area contributed by atoms with Crippen LogP contribution < -0.4 is 14.9 Å². The molecule has 4 rings (SSSR count). The third kappa shape index (κ3) is 4.47. The average molecular weight is 417 g/mol. The largest absolute Gasteiger partial charge is 0.457 e. The predicted octanol–water partition coefficient (Wildman–Crippen LogP) is 4.71. The van der Waals surface area contributed by atoms with Gasteiger partial charge in [0.05, 0.1) is 6.54 Å². The van der Waals surface area contributed by atoms with Gasteiger partial charge >= 0.3 is 4.87 Å². The highest BCUT2D eigenvalue weighted by Gasteiger charge is 2.18. The number of carbonyl (C=O) groups is 1. The fourth-order valence-electron chi connectivity index (χ4n) is 2.99. The molecule has 0 radical (unpaired) electrons. The lowest BCUT2D eigenvalue weighted by molar-refractivity contribution is 0.102. The van der Waals surface area contributed by atoms with E-state index in [0.29, 0.717) is 34.3 Å². The standard InChI is InChI=1S/C23H19N3O3S/c1-16-21(30-23(28)26(16)15-17-10-12-24-13-11-17)22(27)25-18-6-5-9-20(14-18)29-19-7-3-2-4-8-19/h2-14H,15H2,1H3,(H,25,27). The molecule has 0 aliphatic rings. The van der Waals surface area contributed by atoms with Crippen molar-refractivity contribution < 1.29 is 9.53 Å². The van der Waals surface area contributed by atoms with E-state index in [1.54, 1.807) is 42.1 Å². The number of rotatable bonds is 6. The summed E-state index contributed by atoms with van der Waals surface area (Å²) in [6.45, 7) is 2.18. The molecule has 2 aromatic carbocycles. The smallest absolute Gasteiger partial charge is 0.308 e. The molecular formula is C23H19N3O3S. The second-order valence-electron chi connectivity index (χ2n) is 6.62. The van der Waals surface area contributed by atoms with Gasteiger partial charge in [-0.25, -0.2) is 0 Å². The van der Waals surface area contributed by atoms with Crippen molar-refractivity contribution in [3.8, 4) is 11.5 Å². The number of aromatic nitrogens is 2. The van der Waals surface area contributed by atoms with Gasteiger partial charge in [0, 0.05) is 29.8 Å². The third-order valence-corrected chi connectivity index (χ3v) is 5.59. The van der Waals surface area contributed by atoms with Crippen LogP contribution in [0.3, 0.4) is 0 Å². The number of nitrogens with zero attached hydrogens (tertiary/aromatic N) is 2. The van der Waals surface area contributed by atoms with Gasteiger partial charge in [0.2, 0.25) is 0 Å². The lowest BCUT2D eigenvalue weighted by atomic mass is 10.2. The van der Waals surface area contributed by atoms with Crippen LogP contribution in [0.2, 0.25) is 0 Å². The van der Waals surface area contributed by atoms with Gasteiger partial charge in [-0.2, -0.15) is 0 Å². The lowest BCUT2D eigenvalue weighted by Crippen LogP contribution is -2.16. The van der Waals surface area contributed by atoms with Crippen LogP contribution in [-0.2, 0) is 6.54 Å². The molecule has 2 aromatic heterocycles. The summed E-state index contributed by atoms with van der Waals surface area (Å²) in [6.07, 6.45) is 3.36. The number of amides is 1. The molecule has 0 saturated carbocycles. The summed E-state index contributed by atoms with van der Waals surface area (Å²) in [5.41, 5.74) is 2.18. The van der Waals surface area contributed by atoms with Gasteiger partial charge in [-0.15, -0.1) is 0 Å². The first kappa shape index (κ1) is 19.6. The first-order chi connectivity index (χ1) is 14.6. The quantitative estimate of drug-likeness (QED) is 0.493. The van der Waals surface area contributed by atoms with Gasteiger partial charge < -0.3 is 10.1 Å². The molecule has 0 spiro atoms. The number of pyridine rings is 1. The molecule has 0 unspecified atom stereocenters. The summed E-state index contributed by atoms with van der Waals surface area (Å²) in [5, 5.41) is 2.86. The third-order valence-electron chi connectivity index (χ3n) is 4.51. The average Bonchev–Trinajstić information content (AvgIpc) is 3.04. The number of anilines is 1. The summed E-state index contributed by atoms with van der Waals surface area (Å²) >= 11 is 0.943. The van der Waals surface area contributed by atoms with Crippen LogP contribution in [0, 0.1) is 6.92 Å². The van der Waals surface area contributed by atoms with E-state index in [4.69, 9.17) is 4.74 Å². The molecule has 150 valence electrons. The Bertz CT molecular complexity index is 1220. The Morgan fingerprint density at radius 1 is 1.03 bits per heavy atom. The molecule has 1 amide bonds. The van der Waals surface area contributed by atoms with Gasteiger partial charge in [-0.1, -0.05) is 35.6 Å². The number of nitrogens with one attached hydrogen (secondary N) is 1. The van der Waals surface area contributed by atoms with Crippen molar-refractivity contribution in [2.24, 2.45) is 0 Å². The van der Waals surface area contributed by atoms with E-state index in [9.17, 15) is 9.59 Å². The molecule has 0 aliphatic heterocycles. The highest BCUT2D eigenvalue weighted by molar-refractivity contribution is 7.11. The number of thiazole rings is 1. The van der Waals surface area contributed by atoms with Crippen LogP contribution in [0.5, 0.6) is 11.5 Å². The first-order valence-electron chi connectivity index (χ1n) is 9.33. The molecule has 4 aromatic rings. The maximum atomic E-state index is 12.8. The van der Waals surface area contributed by atoms with Crippen LogP contribution in [0.4, 0.5) is 5.69 Å². The Kier molecular flexibility index (Phi) is 5.72. The van der Waals surface area contributed by atoms with E-state index in [-0.39, 0.29) is 10.8 Å². The van der Waals surface area contributed by atoms with Crippen molar-refractivity contribution in [3.63, 3.8) is 0 Å². The normalized spacial score (nSPS) is 10.6. The van der Waals surface area contributed by atoms with Gasteiger partial charge in [0.15, 0.2) is 0 Å². The van der Waals surface area contributed by atoms with E-state index in [1.807, 2.05) is 48.5 Å². The Labute approximate surface area is 177 Å². The Hall–Kier alpha value is -3.71. The summed E-state index contributed by atoms with van der Waals surface area (Å²) in [6, 6.07) is 20.3. The SMILES string of the molecule is Cc1c(C(=O)Nc2cccc(Oc3ccccc3)c2)sc(=O)n1Cc1ccncc1. The van der Waals surface area contributed by atoms with E-state index >= 15 is 0 Å². The van der Waals surface area contributed by atoms with Gasteiger partial charge in [-0.3, -0.25) is 19.1 Å². The summed E-state index contributed by atoms with van der Waals surface area (Å²) in [7, 11) is 0. The summed E-state index contributed by atoms with van der Waals surface area (Å²) in [4.78, 5) is 29.5. The zero-order chi connectivity index (χ0) is 20.9. The minimum Gasteiger partial charge on any atom is -0.457 e. The van der Waals surface area contributed by atoms with Crippen LogP contribution in [-0.4, -0.2) is 15.5 Å². The van der Waals surface area contributed by atoms with Crippen LogP contribution >= 0.6 is 11.3 Å². The van der Waals surface area contributed by atoms with Crippen molar-refractivity contribution >= 4 is 22.9 Å². The van der Waals surface area contributed by atoms with Crippen molar-refractivity contribution in [2.75, 3.05) is 5.32 Å². The number of hydrogen-bond acceptors (Lipinski definition) is 5. The number of hydrogen-bond donors (Lipinski definition) is 1. The fourth-order valence-corrected chi connectivity index (χ4v) is 3.88. The van der Waals surface area contributed by atoms with Crippen molar-refractivity contribution in [3.05, 3.63) is 105 Å². The van der Waals surface area contributed by atoms with Gasteiger partial charge in [0.1, 0.15) is 16.4 Å². The second kappa shape index (κ2) is 8.75. The molecule has 0 bridgehead atoms. The Morgan fingerprint density at radius 2 is 1.77 bits per heavy atom. The van der Waals surface area contributed by atoms with E-state index in [2.05, 4.69) is 10.3 Å². The topological polar surface area (TPSA) is 73.2 Å². The van der Waals surface area contributed by atoms with Crippen molar-refractivity contribution in [1.82, 2.24) is 9.55 Å². The summed E-state index contributed by atoms with van der Waals surface area (Å²) < 4.78 is 7.41. The minimum absolute atomic E-state index is 0.171. The number of ether oxygens (including phenoxy) is 1. The molecule has 0 saturated heterocycles. The second-order valence-corrected chi connectivity index (χ2v) is 7.58. The monoisotopic (exact) mass is 417 g/mol. The lowest BCUT2D eigenvalue weighted by Gasteiger charge is -2.09. The maximum absolute atomic E-state index is 12.8. The molecule has 0 atom stereocenters. The Morgan fingerprint density at radius 3 is 2.53 bits per heavy atom. The zero-order valence-electron chi connectivity index (χ0n) is 16.2. The van der Waals surface area contributed by atoms with Gasteiger partial charge in [0.25, 0.3) is 5.91 Å². The number of para-hydroxylation sites is 1. The van der Waals surface area contributed by atoms with Crippen LogP contribution in [0.15, 0.2) is 83.9 Å². The minimum atomic E-state index is -0.320. The van der Waals surface area contributed by atoms with E-state index in [0.717, 1.165) is 16.9 Å². The Balaban J connectivity index is 1.51. The molecule has 0 aliphatic carbocycles. The van der Waals surface area contributed by atoms with Crippen molar-refractivity contribution in [2.45, 2.75) is 13.5 Å². The van der Waals surface area contributed by atoms with Crippen LogP contribution in [0.25, 0.3) is 0 Å². The zero-order valence-corrected chi connectivity index (χ0v) is 17.1. The van der Waals surface area contributed by atoms with E-state index in [1.165, 1.54) is 0 Å². The molecule has 6 nitrogen and oxygen atoms in total. The van der Waals surface area contributed by atoms with Crippen molar-refractivity contribution in [1.29, 1.82) is 0 Å². The molecule has 0 fully saturated rings. The number of carbonyl (C=O) groups excluding carboxylic acids is 1. The predicted molar refractivity (Wildman–Crippen MR) is 118 cm³/mol. The highest BCUT2D eigenvalue weighted by Crippen LogP contribution is 2.24. The molecule has 1 N–H and O–H groups in total. The first-order valence-corrected chi connectivity index (χ1v) is 10.2. The maximum Gasteiger partial charge on any atom is 0.308 e. The fraction of sp³-hybridized carbons (Fsp3) is 0.0870. The molecular weight excluding hydrogens is 398 g/mol. The molecule has 30 heavy (non-hydrogen) atoms.